The Labute approximate surface area is 130 Å². The van der Waals surface area contributed by atoms with Gasteiger partial charge in [-0.2, -0.15) is 0 Å². The molecular weight excluding hydrogens is 279 g/mol. The average Bonchev–Trinajstić information content (AvgIpc) is 2.48. The SMILES string of the molecule is CN(C)Cc1cc(CN=C(N)Nc2ccccc2)ccc1F. The van der Waals surface area contributed by atoms with E-state index < -0.39 is 0 Å². The van der Waals surface area contributed by atoms with Gasteiger partial charge in [-0.25, -0.2) is 9.38 Å². The number of para-hydroxylation sites is 1. The van der Waals surface area contributed by atoms with Gasteiger partial charge in [-0.3, -0.25) is 0 Å². The molecule has 0 aliphatic carbocycles. The lowest BCUT2D eigenvalue weighted by molar-refractivity contribution is 0.392. The maximum Gasteiger partial charge on any atom is 0.193 e. The minimum Gasteiger partial charge on any atom is -0.370 e. The number of nitrogens with two attached hydrogens (primary N) is 1. The predicted octanol–water partition coefficient (Wildman–Crippen LogP) is 2.81. The molecule has 2 aromatic carbocycles. The summed E-state index contributed by atoms with van der Waals surface area (Å²) in [5.74, 6) is 0.140. The highest BCUT2D eigenvalue weighted by atomic mass is 19.1. The molecule has 116 valence electrons. The second-order valence-electron chi connectivity index (χ2n) is 5.36. The van der Waals surface area contributed by atoms with Crippen LogP contribution in [0.3, 0.4) is 0 Å². The minimum absolute atomic E-state index is 0.197. The standard InChI is InChI=1S/C17H21FN4/c1-22(2)12-14-10-13(8-9-16(14)18)11-20-17(19)21-15-6-4-3-5-7-15/h3-10H,11-12H2,1-2H3,(H3,19,20,21). The van der Waals surface area contributed by atoms with Crippen molar-refractivity contribution in [2.45, 2.75) is 13.1 Å². The Morgan fingerprint density at radius 3 is 2.59 bits per heavy atom. The average molecular weight is 300 g/mol. The summed E-state index contributed by atoms with van der Waals surface area (Å²) in [7, 11) is 3.82. The number of nitrogens with one attached hydrogen (secondary N) is 1. The van der Waals surface area contributed by atoms with Crippen LogP contribution in [0, 0.1) is 5.82 Å². The molecule has 0 heterocycles. The molecule has 0 aromatic heterocycles. The highest BCUT2D eigenvalue weighted by molar-refractivity contribution is 5.92. The first-order valence-corrected chi connectivity index (χ1v) is 7.08. The predicted molar refractivity (Wildman–Crippen MR) is 89.2 cm³/mol. The zero-order valence-electron chi connectivity index (χ0n) is 12.9. The van der Waals surface area contributed by atoms with Crippen LogP contribution in [0.2, 0.25) is 0 Å². The van der Waals surface area contributed by atoms with Crippen molar-refractivity contribution in [3.8, 4) is 0 Å². The number of hydrogen-bond acceptors (Lipinski definition) is 2. The lowest BCUT2D eigenvalue weighted by atomic mass is 10.1. The van der Waals surface area contributed by atoms with Gasteiger partial charge < -0.3 is 16.0 Å². The molecule has 0 atom stereocenters. The molecule has 5 heteroatoms. The summed E-state index contributed by atoms with van der Waals surface area (Å²) in [6, 6.07) is 14.6. The molecule has 22 heavy (non-hydrogen) atoms. The lowest BCUT2D eigenvalue weighted by Crippen LogP contribution is -2.22. The van der Waals surface area contributed by atoms with Gasteiger partial charge in [0.2, 0.25) is 0 Å². The molecule has 2 rings (SSSR count). The van der Waals surface area contributed by atoms with Gasteiger partial charge in [0.05, 0.1) is 6.54 Å². The van der Waals surface area contributed by atoms with Gasteiger partial charge in [-0.15, -0.1) is 0 Å². The van der Waals surface area contributed by atoms with Crippen molar-refractivity contribution in [2.75, 3.05) is 19.4 Å². The van der Waals surface area contributed by atoms with Gasteiger partial charge in [-0.05, 0) is 43.9 Å². The minimum atomic E-state index is -0.197. The molecule has 0 fully saturated rings. The number of aliphatic imine (C=N–C) groups is 1. The molecule has 0 bridgehead atoms. The van der Waals surface area contributed by atoms with Crippen molar-refractivity contribution in [3.63, 3.8) is 0 Å². The third-order valence-electron chi connectivity index (χ3n) is 3.07. The van der Waals surface area contributed by atoms with E-state index in [1.165, 1.54) is 6.07 Å². The molecule has 0 spiro atoms. The Morgan fingerprint density at radius 2 is 1.91 bits per heavy atom. The number of hydrogen-bond donors (Lipinski definition) is 2. The van der Waals surface area contributed by atoms with Crippen molar-refractivity contribution in [1.29, 1.82) is 0 Å². The van der Waals surface area contributed by atoms with Crippen LogP contribution in [-0.2, 0) is 13.1 Å². The van der Waals surface area contributed by atoms with E-state index in [0.29, 0.717) is 24.6 Å². The fraction of sp³-hybridized carbons (Fsp3) is 0.235. The first-order valence-electron chi connectivity index (χ1n) is 7.08. The van der Waals surface area contributed by atoms with E-state index in [1.807, 2.05) is 55.4 Å². The van der Waals surface area contributed by atoms with Crippen LogP contribution < -0.4 is 11.1 Å². The summed E-state index contributed by atoms with van der Waals surface area (Å²) >= 11 is 0. The number of benzene rings is 2. The van der Waals surface area contributed by atoms with Gasteiger partial charge in [0.1, 0.15) is 5.82 Å². The third-order valence-corrected chi connectivity index (χ3v) is 3.07. The molecule has 0 amide bonds. The normalized spacial score (nSPS) is 11.7. The zero-order valence-corrected chi connectivity index (χ0v) is 12.9. The fourth-order valence-electron chi connectivity index (χ4n) is 2.07. The van der Waals surface area contributed by atoms with Gasteiger partial charge in [0.15, 0.2) is 5.96 Å². The summed E-state index contributed by atoms with van der Waals surface area (Å²) in [5, 5.41) is 3.02. The Hall–Kier alpha value is -2.40. The lowest BCUT2D eigenvalue weighted by Gasteiger charge is -2.11. The van der Waals surface area contributed by atoms with Crippen LogP contribution in [-0.4, -0.2) is 25.0 Å². The molecule has 2 aromatic rings. The van der Waals surface area contributed by atoms with E-state index in [4.69, 9.17) is 5.73 Å². The van der Waals surface area contributed by atoms with Gasteiger partial charge in [0, 0.05) is 17.8 Å². The third kappa shape index (κ3) is 4.86. The Morgan fingerprint density at radius 1 is 1.18 bits per heavy atom. The van der Waals surface area contributed by atoms with Crippen LogP contribution in [0.4, 0.5) is 10.1 Å². The van der Waals surface area contributed by atoms with Crippen LogP contribution in [0.1, 0.15) is 11.1 Å². The molecular formula is C17H21FN4. The maximum absolute atomic E-state index is 13.7. The van der Waals surface area contributed by atoms with E-state index in [0.717, 1.165) is 11.3 Å². The Bertz CT molecular complexity index is 638. The number of guanidine groups is 1. The molecule has 0 radical (unpaired) electrons. The molecule has 0 unspecified atom stereocenters. The van der Waals surface area contributed by atoms with E-state index in [9.17, 15) is 4.39 Å². The number of rotatable bonds is 5. The molecule has 3 N–H and O–H groups in total. The highest BCUT2D eigenvalue weighted by Crippen LogP contribution is 2.13. The van der Waals surface area contributed by atoms with E-state index in [2.05, 4.69) is 10.3 Å². The topological polar surface area (TPSA) is 53.6 Å². The molecule has 0 aliphatic heterocycles. The first kappa shape index (κ1) is 16.0. The summed E-state index contributed by atoms with van der Waals surface area (Å²) in [4.78, 5) is 6.21. The molecule has 0 saturated carbocycles. The molecule has 0 saturated heterocycles. The van der Waals surface area contributed by atoms with Crippen molar-refractivity contribution in [2.24, 2.45) is 10.7 Å². The highest BCUT2D eigenvalue weighted by Gasteiger charge is 2.05. The second kappa shape index (κ2) is 7.56. The summed E-state index contributed by atoms with van der Waals surface area (Å²) < 4.78 is 13.7. The van der Waals surface area contributed by atoms with Crippen molar-refractivity contribution >= 4 is 11.6 Å². The summed E-state index contributed by atoms with van der Waals surface area (Å²) in [6.07, 6.45) is 0. The van der Waals surface area contributed by atoms with Gasteiger partial charge >= 0.3 is 0 Å². The maximum atomic E-state index is 13.7. The van der Waals surface area contributed by atoms with E-state index >= 15 is 0 Å². The zero-order chi connectivity index (χ0) is 15.9. The quantitative estimate of drug-likeness (QED) is 0.659. The molecule has 0 aliphatic rings. The molecule has 4 nitrogen and oxygen atoms in total. The Balaban J connectivity index is 2.02. The van der Waals surface area contributed by atoms with Crippen LogP contribution in [0.5, 0.6) is 0 Å². The number of halogens is 1. The van der Waals surface area contributed by atoms with Crippen molar-refractivity contribution < 1.29 is 4.39 Å². The van der Waals surface area contributed by atoms with Gasteiger partial charge in [-0.1, -0.05) is 24.3 Å². The van der Waals surface area contributed by atoms with Gasteiger partial charge in [0.25, 0.3) is 0 Å². The largest absolute Gasteiger partial charge is 0.370 e. The second-order valence-corrected chi connectivity index (χ2v) is 5.36. The van der Waals surface area contributed by atoms with Crippen LogP contribution in [0.15, 0.2) is 53.5 Å². The van der Waals surface area contributed by atoms with Crippen LogP contribution >= 0.6 is 0 Å². The van der Waals surface area contributed by atoms with E-state index in [-0.39, 0.29) is 5.82 Å². The fourth-order valence-corrected chi connectivity index (χ4v) is 2.07. The summed E-state index contributed by atoms with van der Waals surface area (Å²) in [5.41, 5.74) is 8.33. The first-order chi connectivity index (χ1) is 10.5. The Kier molecular flexibility index (Phi) is 5.49. The smallest absolute Gasteiger partial charge is 0.193 e. The monoisotopic (exact) mass is 300 g/mol. The van der Waals surface area contributed by atoms with Crippen LogP contribution in [0.25, 0.3) is 0 Å². The number of anilines is 1. The van der Waals surface area contributed by atoms with Crippen molar-refractivity contribution in [3.05, 3.63) is 65.5 Å². The number of nitrogens with zero attached hydrogens (tertiary/aromatic N) is 2. The van der Waals surface area contributed by atoms with Crippen molar-refractivity contribution in [1.82, 2.24) is 4.90 Å². The van der Waals surface area contributed by atoms with E-state index in [1.54, 1.807) is 6.07 Å². The summed E-state index contributed by atoms with van der Waals surface area (Å²) in [6.45, 7) is 0.966.